The van der Waals surface area contributed by atoms with E-state index in [1.165, 1.54) is 19.3 Å². The maximum Gasteiger partial charge on any atom is 0.191 e. The highest BCUT2D eigenvalue weighted by molar-refractivity contribution is 7.99. The third-order valence-electron chi connectivity index (χ3n) is 6.74. The molecule has 0 spiro atoms. The van der Waals surface area contributed by atoms with E-state index in [4.69, 9.17) is 0 Å². The van der Waals surface area contributed by atoms with Gasteiger partial charge in [-0.25, -0.2) is 0 Å². The normalized spacial score (nSPS) is 32.1. The van der Waals surface area contributed by atoms with Gasteiger partial charge in [-0.3, -0.25) is 9.78 Å². The largest absolute Gasteiger partial charge is 0.305 e. The molecule has 2 aromatic heterocycles. The number of aromatic nitrogens is 4. The molecular formula is C20H24N4OS. The number of ketones is 1. The number of hydrogen-bond acceptors (Lipinski definition) is 5. The predicted molar refractivity (Wildman–Crippen MR) is 101 cm³/mol. The average Bonchev–Trinajstić information content (AvgIpc) is 3.00. The molecular weight excluding hydrogens is 344 g/mol. The summed E-state index contributed by atoms with van der Waals surface area (Å²) >= 11 is 1.54. The van der Waals surface area contributed by atoms with Gasteiger partial charge in [0.1, 0.15) is 5.78 Å². The molecule has 2 heterocycles. The van der Waals surface area contributed by atoms with Gasteiger partial charge in [-0.1, -0.05) is 11.8 Å². The van der Waals surface area contributed by atoms with Gasteiger partial charge in [0.2, 0.25) is 0 Å². The van der Waals surface area contributed by atoms with Gasteiger partial charge in [0, 0.05) is 30.4 Å². The molecule has 26 heavy (non-hydrogen) atoms. The van der Waals surface area contributed by atoms with Gasteiger partial charge < -0.3 is 4.57 Å². The van der Waals surface area contributed by atoms with E-state index in [1.807, 2.05) is 23.7 Å². The monoisotopic (exact) mass is 368 g/mol. The molecule has 6 heteroatoms. The van der Waals surface area contributed by atoms with Gasteiger partial charge in [0.05, 0.1) is 5.75 Å². The van der Waals surface area contributed by atoms with E-state index < -0.39 is 0 Å². The topological polar surface area (TPSA) is 60.7 Å². The van der Waals surface area contributed by atoms with Gasteiger partial charge in [0.25, 0.3) is 0 Å². The van der Waals surface area contributed by atoms with Crippen LogP contribution in [0.15, 0.2) is 29.7 Å². The molecule has 0 radical (unpaired) electrons. The predicted octanol–water partition coefficient (Wildman–Crippen LogP) is 3.75. The summed E-state index contributed by atoms with van der Waals surface area (Å²) in [5.74, 6) is 4.22. The molecule has 4 bridgehead atoms. The van der Waals surface area contributed by atoms with Crippen molar-refractivity contribution in [2.24, 2.45) is 30.2 Å². The summed E-state index contributed by atoms with van der Waals surface area (Å²) in [7, 11) is 1.97. The van der Waals surface area contributed by atoms with Crippen molar-refractivity contribution >= 4 is 17.5 Å². The summed E-state index contributed by atoms with van der Waals surface area (Å²) in [5, 5.41) is 9.44. The summed E-state index contributed by atoms with van der Waals surface area (Å²) in [4.78, 5) is 17.2. The Morgan fingerprint density at radius 1 is 1.12 bits per heavy atom. The van der Waals surface area contributed by atoms with Crippen LogP contribution in [0.3, 0.4) is 0 Å². The van der Waals surface area contributed by atoms with Crippen LogP contribution < -0.4 is 0 Å². The second kappa shape index (κ2) is 6.19. The molecule has 5 nitrogen and oxygen atoms in total. The fourth-order valence-electron chi connectivity index (χ4n) is 5.93. The second-order valence-corrected chi connectivity index (χ2v) is 9.45. The molecule has 0 atom stereocenters. The van der Waals surface area contributed by atoms with Gasteiger partial charge in [-0.15, -0.1) is 10.2 Å². The van der Waals surface area contributed by atoms with Gasteiger partial charge >= 0.3 is 0 Å². The first-order valence-electron chi connectivity index (χ1n) is 9.59. The van der Waals surface area contributed by atoms with Crippen LogP contribution in [0.2, 0.25) is 0 Å². The quantitative estimate of drug-likeness (QED) is 0.752. The molecule has 4 aliphatic rings. The molecule has 2 aromatic rings. The minimum Gasteiger partial charge on any atom is -0.305 e. The SMILES string of the molecule is Cn1c(SCC(=O)C23CC4CC(CC(C4)C2)C3)nnc1-c1ccncc1. The van der Waals surface area contributed by atoms with Crippen molar-refractivity contribution in [3.05, 3.63) is 24.5 Å². The first kappa shape index (κ1) is 16.5. The van der Waals surface area contributed by atoms with Crippen molar-refractivity contribution in [3.63, 3.8) is 0 Å². The average molecular weight is 369 g/mol. The Bertz CT molecular complexity index is 796. The lowest BCUT2D eigenvalue weighted by molar-refractivity contribution is -0.141. The molecule has 4 aliphatic carbocycles. The van der Waals surface area contributed by atoms with E-state index in [9.17, 15) is 4.79 Å². The van der Waals surface area contributed by atoms with Crippen molar-refractivity contribution in [2.45, 2.75) is 43.7 Å². The van der Waals surface area contributed by atoms with E-state index in [2.05, 4.69) is 15.2 Å². The third-order valence-corrected chi connectivity index (χ3v) is 7.76. The minimum atomic E-state index is -0.0196. The molecule has 136 valence electrons. The van der Waals surface area contributed by atoms with Crippen LogP contribution in [-0.4, -0.2) is 31.3 Å². The van der Waals surface area contributed by atoms with Crippen molar-refractivity contribution < 1.29 is 4.79 Å². The number of hydrogen-bond donors (Lipinski definition) is 0. The van der Waals surface area contributed by atoms with Crippen molar-refractivity contribution in [3.8, 4) is 11.4 Å². The fraction of sp³-hybridized carbons (Fsp3) is 0.600. The van der Waals surface area contributed by atoms with Crippen molar-refractivity contribution in [2.75, 3.05) is 5.75 Å². The molecule has 0 aromatic carbocycles. The number of pyridine rings is 1. The number of carbonyl (C=O) groups excluding carboxylic acids is 1. The number of rotatable bonds is 5. The Labute approximate surface area is 158 Å². The van der Waals surface area contributed by atoms with Crippen LogP contribution in [0.4, 0.5) is 0 Å². The summed E-state index contributed by atoms with van der Waals surface area (Å²) in [6.07, 6.45) is 11.0. The lowest BCUT2D eigenvalue weighted by Crippen LogP contribution is -2.50. The summed E-state index contributed by atoms with van der Waals surface area (Å²) in [6, 6.07) is 3.86. The molecule has 0 aliphatic heterocycles. The van der Waals surface area contributed by atoms with Crippen molar-refractivity contribution in [1.29, 1.82) is 0 Å². The van der Waals surface area contributed by atoms with Crippen LogP contribution in [0, 0.1) is 23.2 Å². The molecule has 0 amide bonds. The zero-order valence-electron chi connectivity index (χ0n) is 15.1. The lowest BCUT2D eigenvalue weighted by Gasteiger charge is -2.56. The number of thioether (sulfide) groups is 1. The van der Waals surface area contributed by atoms with Crippen LogP contribution in [-0.2, 0) is 11.8 Å². The van der Waals surface area contributed by atoms with Crippen LogP contribution in [0.25, 0.3) is 11.4 Å². The maximum atomic E-state index is 13.2. The Morgan fingerprint density at radius 2 is 1.73 bits per heavy atom. The summed E-state index contributed by atoms with van der Waals surface area (Å²) < 4.78 is 1.98. The van der Waals surface area contributed by atoms with Gasteiger partial charge in [-0.05, 0) is 68.4 Å². The van der Waals surface area contributed by atoms with Crippen LogP contribution in [0.1, 0.15) is 38.5 Å². The fourth-order valence-corrected chi connectivity index (χ4v) is 6.87. The smallest absolute Gasteiger partial charge is 0.191 e. The third kappa shape index (κ3) is 2.70. The Balaban J connectivity index is 1.30. The Hall–Kier alpha value is -1.69. The zero-order chi connectivity index (χ0) is 17.7. The highest BCUT2D eigenvalue weighted by Gasteiger charge is 2.54. The first-order chi connectivity index (χ1) is 12.6. The van der Waals surface area contributed by atoms with Crippen LogP contribution in [0.5, 0.6) is 0 Å². The maximum absolute atomic E-state index is 13.2. The second-order valence-electron chi connectivity index (χ2n) is 8.51. The van der Waals surface area contributed by atoms with E-state index in [1.54, 1.807) is 24.2 Å². The van der Waals surface area contributed by atoms with Crippen molar-refractivity contribution in [1.82, 2.24) is 19.7 Å². The lowest BCUT2D eigenvalue weighted by atomic mass is 9.48. The van der Waals surface area contributed by atoms with E-state index in [0.29, 0.717) is 11.5 Å². The van der Waals surface area contributed by atoms with E-state index in [-0.39, 0.29) is 5.41 Å². The summed E-state index contributed by atoms with van der Waals surface area (Å²) in [5.41, 5.74) is 0.975. The highest BCUT2D eigenvalue weighted by Crippen LogP contribution is 2.60. The molecule has 0 saturated heterocycles. The Kier molecular flexibility index (Phi) is 3.92. The number of Topliss-reactive ketones (excluding diaryl/α,β-unsaturated/α-hetero) is 1. The van der Waals surface area contributed by atoms with Gasteiger partial charge in [0.15, 0.2) is 11.0 Å². The van der Waals surface area contributed by atoms with E-state index in [0.717, 1.165) is 53.6 Å². The van der Waals surface area contributed by atoms with Gasteiger partial charge in [-0.2, -0.15) is 0 Å². The zero-order valence-corrected chi connectivity index (χ0v) is 15.9. The molecule has 4 fully saturated rings. The van der Waals surface area contributed by atoms with Crippen LogP contribution >= 0.6 is 11.8 Å². The molecule has 0 N–H and O–H groups in total. The standard InChI is InChI=1S/C20H24N4OS/c1-24-18(16-2-4-21-5-3-16)22-23-19(24)26-12-17(25)20-9-13-6-14(10-20)8-15(7-13)11-20/h2-5,13-15H,6-12H2,1H3. The molecule has 6 rings (SSSR count). The molecule has 4 saturated carbocycles. The molecule has 0 unspecified atom stereocenters. The number of carbonyl (C=O) groups is 1. The van der Waals surface area contributed by atoms with E-state index >= 15 is 0 Å². The number of nitrogens with zero attached hydrogens (tertiary/aromatic N) is 4. The first-order valence-corrected chi connectivity index (χ1v) is 10.6. The Morgan fingerprint density at radius 3 is 2.35 bits per heavy atom. The minimum absolute atomic E-state index is 0.0196. The summed E-state index contributed by atoms with van der Waals surface area (Å²) in [6.45, 7) is 0. The highest BCUT2D eigenvalue weighted by atomic mass is 32.2.